The number of carbonyl (C=O) groups excluding carboxylic acids is 1. The molecule has 1 fully saturated rings. The zero-order chi connectivity index (χ0) is 12.8. The summed E-state index contributed by atoms with van der Waals surface area (Å²) in [4.78, 5) is 12.2. The van der Waals surface area contributed by atoms with Crippen molar-refractivity contribution >= 4 is 5.78 Å². The summed E-state index contributed by atoms with van der Waals surface area (Å²) >= 11 is 0. The molecule has 0 bridgehead atoms. The molecule has 0 aliphatic heterocycles. The number of hydrogen-bond acceptors (Lipinski definition) is 2. The topological polar surface area (TPSA) is 43.1 Å². The molecule has 0 radical (unpaired) electrons. The summed E-state index contributed by atoms with van der Waals surface area (Å²) in [5.41, 5.74) is 5.53. The lowest BCUT2D eigenvalue weighted by atomic mass is 9.74. The van der Waals surface area contributed by atoms with Gasteiger partial charge in [-0.05, 0) is 56.4 Å². The molecule has 1 aliphatic carbocycles. The van der Waals surface area contributed by atoms with Crippen LogP contribution in [0, 0.1) is 23.7 Å². The second-order valence-electron chi connectivity index (χ2n) is 6.30. The standard InChI is InChI=1S/C15H29NO/c1-11(6-7-16)4-5-15(17)14-9-12(2)8-13(3)10-14/h11-14H,4-10,16H2,1-3H3. The molecule has 0 heterocycles. The minimum absolute atomic E-state index is 0.346. The molecule has 2 nitrogen and oxygen atoms in total. The average molecular weight is 239 g/mol. The van der Waals surface area contributed by atoms with Crippen molar-refractivity contribution < 1.29 is 4.79 Å². The van der Waals surface area contributed by atoms with Crippen LogP contribution in [0.5, 0.6) is 0 Å². The molecule has 100 valence electrons. The molecule has 1 rings (SSSR count). The highest BCUT2D eigenvalue weighted by molar-refractivity contribution is 5.81. The van der Waals surface area contributed by atoms with E-state index < -0.39 is 0 Å². The lowest BCUT2D eigenvalue weighted by Crippen LogP contribution is -2.26. The lowest BCUT2D eigenvalue weighted by molar-refractivity contribution is -0.125. The van der Waals surface area contributed by atoms with Crippen LogP contribution in [-0.4, -0.2) is 12.3 Å². The normalized spacial score (nSPS) is 31.2. The van der Waals surface area contributed by atoms with Crippen LogP contribution in [0.4, 0.5) is 0 Å². The summed E-state index contributed by atoms with van der Waals surface area (Å²) in [7, 11) is 0. The predicted octanol–water partition coefficient (Wildman–Crippen LogP) is 3.39. The van der Waals surface area contributed by atoms with Gasteiger partial charge in [0.05, 0.1) is 0 Å². The van der Waals surface area contributed by atoms with Gasteiger partial charge in [-0.1, -0.05) is 20.8 Å². The summed E-state index contributed by atoms with van der Waals surface area (Å²) in [5, 5.41) is 0. The first-order valence-electron chi connectivity index (χ1n) is 7.25. The Hall–Kier alpha value is -0.370. The third kappa shape index (κ3) is 5.20. The molecule has 0 aromatic carbocycles. The predicted molar refractivity (Wildman–Crippen MR) is 72.7 cm³/mol. The summed E-state index contributed by atoms with van der Waals surface area (Å²) in [6, 6.07) is 0. The minimum atomic E-state index is 0.346. The smallest absolute Gasteiger partial charge is 0.136 e. The van der Waals surface area contributed by atoms with Gasteiger partial charge >= 0.3 is 0 Å². The van der Waals surface area contributed by atoms with Crippen molar-refractivity contribution in [1.82, 2.24) is 0 Å². The summed E-state index contributed by atoms with van der Waals surface area (Å²) in [6.45, 7) is 7.51. The zero-order valence-electron chi connectivity index (χ0n) is 11.7. The van der Waals surface area contributed by atoms with Crippen LogP contribution < -0.4 is 5.73 Å². The molecule has 0 saturated heterocycles. The average Bonchev–Trinajstić information content (AvgIpc) is 2.25. The third-order valence-corrected chi connectivity index (χ3v) is 4.18. The van der Waals surface area contributed by atoms with Gasteiger partial charge in [0.25, 0.3) is 0 Å². The highest BCUT2D eigenvalue weighted by Gasteiger charge is 2.28. The molecule has 3 atom stereocenters. The van der Waals surface area contributed by atoms with E-state index >= 15 is 0 Å². The van der Waals surface area contributed by atoms with Gasteiger partial charge in [0.1, 0.15) is 5.78 Å². The van der Waals surface area contributed by atoms with Gasteiger partial charge in [-0.15, -0.1) is 0 Å². The molecule has 17 heavy (non-hydrogen) atoms. The highest BCUT2D eigenvalue weighted by atomic mass is 16.1. The number of carbonyl (C=O) groups is 1. The van der Waals surface area contributed by atoms with Crippen molar-refractivity contribution in [3.05, 3.63) is 0 Å². The van der Waals surface area contributed by atoms with Crippen LogP contribution in [0.15, 0.2) is 0 Å². The molecular weight excluding hydrogens is 210 g/mol. The van der Waals surface area contributed by atoms with E-state index in [0.717, 1.165) is 50.5 Å². The van der Waals surface area contributed by atoms with Crippen LogP contribution in [0.2, 0.25) is 0 Å². The van der Waals surface area contributed by atoms with Crippen molar-refractivity contribution in [2.45, 2.75) is 59.3 Å². The van der Waals surface area contributed by atoms with Crippen molar-refractivity contribution in [3.63, 3.8) is 0 Å². The Morgan fingerprint density at radius 3 is 2.29 bits per heavy atom. The summed E-state index contributed by atoms with van der Waals surface area (Å²) in [5.74, 6) is 2.91. The van der Waals surface area contributed by atoms with Gasteiger partial charge in [0.15, 0.2) is 0 Å². The summed E-state index contributed by atoms with van der Waals surface area (Å²) < 4.78 is 0. The Kier molecular flexibility index (Phi) is 6.18. The molecule has 1 saturated carbocycles. The Balaban J connectivity index is 2.31. The lowest BCUT2D eigenvalue weighted by Gasteiger charge is -2.30. The fourth-order valence-electron chi connectivity index (χ4n) is 3.23. The highest BCUT2D eigenvalue weighted by Crippen LogP contribution is 2.34. The first-order chi connectivity index (χ1) is 8.02. The Bertz CT molecular complexity index is 229. The molecule has 0 amide bonds. The fraction of sp³-hybridized carbons (Fsp3) is 0.933. The van der Waals surface area contributed by atoms with Crippen molar-refractivity contribution in [3.8, 4) is 0 Å². The van der Waals surface area contributed by atoms with Crippen LogP contribution in [-0.2, 0) is 4.79 Å². The zero-order valence-corrected chi connectivity index (χ0v) is 11.7. The van der Waals surface area contributed by atoms with Gasteiger partial charge < -0.3 is 5.73 Å². The van der Waals surface area contributed by atoms with Gasteiger partial charge in [-0.2, -0.15) is 0 Å². The summed E-state index contributed by atoms with van der Waals surface area (Å²) in [6.07, 6.45) is 6.38. The van der Waals surface area contributed by atoms with E-state index in [1.807, 2.05) is 0 Å². The van der Waals surface area contributed by atoms with Crippen molar-refractivity contribution in [2.75, 3.05) is 6.54 Å². The van der Waals surface area contributed by atoms with E-state index in [2.05, 4.69) is 20.8 Å². The molecule has 2 N–H and O–H groups in total. The second kappa shape index (κ2) is 7.15. The first kappa shape index (κ1) is 14.7. The Labute approximate surface area is 106 Å². The molecular formula is C15H29NO. The number of hydrogen-bond donors (Lipinski definition) is 1. The van der Waals surface area contributed by atoms with E-state index in [0.29, 0.717) is 17.6 Å². The van der Waals surface area contributed by atoms with Crippen molar-refractivity contribution in [2.24, 2.45) is 29.4 Å². The van der Waals surface area contributed by atoms with Crippen LogP contribution in [0.3, 0.4) is 0 Å². The maximum Gasteiger partial charge on any atom is 0.136 e. The largest absolute Gasteiger partial charge is 0.330 e. The van der Waals surface area contributed by atoms with Crippen LogP contribution in [0.25, 0.3) is 0 Å². The van der Waals surface area contributed by atoms with Gasteiger partial charge in [-0.3, -0.25) is 4.79 Å². The van der Waals surface area contributed by atoms with Gasteiger partial charge in [0, 0.05) is 12.3 Å². The van der Waals surface area contributed by atoms with E-state index in [1.54, 1.807) is 0 Å². The van der Waals surface area contributed by atoms with Crippen LogP contribution >= 0.6 is 0 Å². The Morgan fingerprint density at radius 1 is 1.18 bits per heavy atom. The fourth-order valence-corrected chi connectivity index (χ4v) is 3.23. The third-order valence-electron chi connectivity index (χ3n) is 4.18. The van der Waals surface area contributed by atoms with E-state index in [-0.39, 0.29) is 0 Å². The van der Waals surface area contributed by atoms with Crippen LogP contribution in [0.1, 0.15) is 59.3 Å². The molecule has 1 aliphatic rings. The number of Topliss-reactive ketones (excluding diaryl/α,β-unsaturated/α-hetero) is 1. The number of rotatable bonds is 6. The minimum Gasteiger partial charge on any atom is -0.330 e. The van der Waals surface area contributed by atoms with Crippen molar-refractivity contribution in [1.29, 1.82) is 0 Å². The quantitative estimate of drug-likeness (QED) is 0.772. The Morgan fingerprint density at radius 2 is 1.76 bits per heavy atom. The molecule has 0 spiro atoms. The molecule has 0 aromatic rings. The molecule has 3 unspecified atom stereocenters. The first-order valence-corrected chi connectivity index (χ1v) is 7.25. The monoisotopic (exact) mass is 239 g/mol. The molecule has 2 heteroatoms. The van der Waals surface area contributed by atoms with E-state index in [4.69, 9.17) is 5.73 Å². The van der Waals surface area contributed by atoms with E-state index in [9.17, 15) is 4.79 Å². The van der Waals surface area contributed by atoms with Gasteiger partial charge in [-0.25, -0.2) is 0 Å². The number of nitrogens with two attached hydrogens (primary N) is 1. The second-order valence-corrected chi connectivity index (χ2v) is 6.30. The number of ketones is 1. The molecule has 0 aromatic heterocycles. The maximum absolute atomic E-state index is 12.2. The van der Waals surface area contributed by atoms with E-state index in [1.165, 1.54) is 6.42 Å². The maximum atomic E-state index is 12.2. The SMILES string of the molecule is CC(CCN)CCC(=O)C1CC(C)CC(C)C1. The van der Waals surface area contributed by atoms with Gasteiger partial charge in [0.2, 0.25) is 0 Å².